The fourth-order valence-corrected chi connectivity index (χ4v) is 2.20. The summed E-state index contributed by atoms with van der Waals surface area (Å²) in [5, 5.41) is 13.1. The van der Waals surface area contributed by atoms with Crippen LogP contribution in [0.1, 0.15) is 24.0 Å². The predicted molar refractivity (Wildman–Crippen MR) is 50.6 cm³/mol. The van der Waals surface area contributed by atoms with Gasteiger partial charge in [0.05, 0.1) is 0 Å². The fourth-order valence-electron chi connectivity index (χ4n) is 2.20. The molecule has 3 rings (SSSR count). The lowest BCUT2D eigenvalue weighted by Gasteiger charge is -2.26. The normalized spacial score (nSPS) is 22.8. The Hall–Kier alpha value is -1.02. The number of phenolic OH excluding ortho intramolecular Hbond substituents is 1. The monoisotopic (exact) mass is 175 g/mol. The summed E-state index contributed by atoms with van der Waals surface area (Å²) in [6.45, 7) is 0.835. The van der Waals surface area contributed by atoms with E-state index in [1.165, 1.54) is 18.4 Å². The van der Waals surface area contributed by atoms with Crippen LogP contribution in [0.2, 0.25) is 0 Å². The van der Waals surface area contributed by atoms with Gasteiger partial charge in [-0.1, -0.05) is 12.1 Å². The summed E-state index contributed by atoms with van der Waals surface area (Å²) in [7, 11) is 0. The van der Waals surface area contributed by atoms with Crippen molar-refractivity contribution in [2.45, 2.75) is 31.3 Å². The fraction of sp³-hybridized carbons (Fsp3) is 0.455. The van der Waals surface area contributed by atoms with Gasteiger partial charge in [-0.05, 0) is 30.9 Å². The molecule has 0 bridgehead atoms. The molecule has 1 saturated carbocycles. The van der Waals surface area contributed by atoms with Crippen LogP contribution in [0.15, 0.2) is 18.2 Å². The Morgan fingerprint density at radius 2 is 2.15 bits per heavy atom. The quantitative estimate of drug-likeness (QED) is 0.627. The molecule has 1 fully saturated rings. The SMILES string of the molecule is Oc1cccc2c1CNC1(CC1)C2. The van der Waals surface area contributed by atoms with Crippen molar-refractivity contribution >= 4 is 0 Å². The van der Waals surface area contributed by atoms with Gasteiger partial charge in [0.1, 0.15) is 5.75 Å². The number of aromatic hydroxyl groups is 1. The van der Waals surface area contributed by atoms with Crippen LogP contribution in [-0.4, -0.2) is 10.6 Å². The van der Waals surface area contributed by atoms with Gasteiger partial charge in [0.25, 0.3) is 0 Å². The lowest BCUT2D eigenvalue weighted by molar-refractivity contribution is 0.426. The Balaban J connectivity index is 2.05. The second-order valence-corrected chi connectivity index (χ2v) is 4.23. The van der Waals surface area contributed by atoms with E-state index < -0.39 is 0 Å². The molecule has 1 aliphatic carbocycles. The first kappa shape index (κ1) is 7.39. The molecule has 68 valence electrons. The molecule has 0 unspecified atom stereocenters. The topological polar surface area (TPSA) is 32.3 Å². The summed E-state index contributed by atoms with van der Waals surface area (Å²) in [6.07, 6.45) is 3.68. The minimum absolute atomic E-state index is 0.404. The van der Waals surface area contributed by atoms with Gasteiger partial charge in [-0.3, -0.25) is 0 Å². The number of fused-ring (bicyclic) bond motifs is 1. The smallest absolute Gasteiger partial charge is 0.120 e. The summed E-state index contributed by atoms with van der Waals surface area (Å²) in [4.78, 5) is 0. The average Bonchev–Trinajstić information content (AvgIpc) is 2.85. The first-order valence-corrected chi connectivity index (χ1v) is 4.84. The highest BCUT2D eigenvalue weighted by Gasteiger charge is 2.44. The van der Waals surface area contributed by atoms with Crippen LogP contribution < -0.4 is 5.32 Å². The third-order valence-electron chi connectivity index (χ3n) is 3.27. The average molecular weight is 175 g/mol. The number of benzene rings is 1. The Morgan fingerprint density at radius 3 is 2.92 bits per heavy atom. The van der Waals surface area contributed by atoms with Crippen molar-refractivity contribution in [3.05, 3.63) is 29.3 Å². The largest absolute Gasteiger partial charge is 0.508 e. The third kappa shape index (κ3) is 1.05. The van der Waals surface area contributed by atoms with E-state index in [9.17, 15) is 5.11 Å². The van der Waals surface area contributed by atoms with Crippen LogP contribution in [0.25, 0.3) is 0 Å². The van der Waals surface area contributed by atoms with Gasteiger partial charge in [0.15, 0.2) is 0 Å². The second kappa shape index (κ2) is 2.26. The maximum absolute atomic E-state index is 9.61. The van der Waals surface area contributed by atoms with Crippen molar-refractivity contribution in [2.75, 3.05) is 0 Å². The van der Waals surface area contributed by atoms with Crippen LogP contribution in [0.4, 0.5) is 0 Å². The number of hydrogen-bond acceptors (Lipinski definition) is 2. The van der Waals surface area contributed by atoms with E-state index in [1.54, 1.807) is 6.07 Å². The zero-order valence-corrected chi connectivity index (χ0v) is 7.51. The van der Waals surface area contributed by atoms with Gasteiger partial charge in [-0.15, -0.1) is 0 Å². The Labute approximate surface area is 77.6 Å². The molecule has 1 aromatic rings. The molecular weight excluding hydrogens is 162 g/mol. The summed E-state index contributed by atoms with van der Waals surface area (Å²) < 4.78 is 0. The molecule has 0 aromatic heterocycles. The molecule has 0 saturated heterocycles. The highest BCUT2D eigenvalue weighted by atomic mass is 16.3. The lowest BCUT2D eigenvalue weighted by Crippen LogP contribution is -2.37. The summed E-state index contributed by atoms with van der Waals surface area (Å²) in [5.41, 5.74) is 2.83. The number of phenols is 1. The zero-order chi connectivity index (χ0) is 8.89. The van der Waals surface area contributed by atoms with Gasteiger partial charge >= 0.3 is 0 Å². The van der Waals surface area contributed by atoms with Gasteiger partial charge in [-0.25, -0.2) is 0 Å². The van der Waals surface area contributed by atoms with Crippen molar-refractivity contribution in [1.82, 2.24) is 5.32 Å². The Bertz CT molecular complexity index is 355. The Morgan fingerprint density at radius 1 is 1.31 bits per heavy atom. The molecule has 0 atom stereocenters. The summed E-state index contributed by atoms with van der Waals surface area (Å²) >= 11 is 0. The molecule has 13 heavy (non-hydrogen) atoms. The van der Waals surface area contributed by atoms with Crippen LogP contribution >= 0.6 is 0 Å². The molecular formula is C11H13NO. The van der Waals surface area contributed by atoms with Gasteiger partial charge in [0, 0.05) is 17.6 Å². The molecule has 0 radical (unpaired) electrons. The lowest BCUT2D eigenvalue weighted by atomic mass is 9.94. The van der Waals surface area contributed by atoms with Crippen LogP contribution in [-0.2, 0) is 13.0 Å². The van der Waals surface area contributed by atoms with Gasteiger partial charge in [0.2, 0.25) is 0 Å². The predicted octanol–water partition coefficient (Wildman–Crippen LogP) is 1.57. The van der Waals surface area contributed by atoms with E-state index in [0.29, 0.717) is 11.3 Å². The van der Waals surface area contributed by atoms with E-state index >= 15 is 0 Å². The number of rotatable bonds is 0. The van der Waals surface area contributed by atoms with Crippen molar-refractivity contribution in [2.24, 2.45) is 0 Å². The summed E-state index contributed by atoms with van der Waals surface area (Å²) in [6, 6.07) is 5.84. The van der Waals surface area contributed by atoms with Crippen molar-refractivity contribution in [3.63, 3.8) is 0 Å². The molecule has 2 N–H and O–H groups in total. The number of nitrogens with one attached hydrogen (secondary N) is 1. The van der Waals surface area contributed by atoms with Gasteiger partial charge < -0.3 is 10.4 Å². The van der Waals surface area contributed by atoms with E-state index in [2.05, 4.69) is 11.4 Å². The molecule has 2 aliphatic rings. The molecule has 1 heterocycles. The highest BCUT2D eigenvalue weighted by molar-refractivity contribution is 5.42. The third-order valence-corrected chi connectivity index (χ3v) is 3.27. The molecule has 2 heteroatoms. The van der Waals surface area contributed by atoms with Crippen molar-refractivity contribution in [1.29, 1.82) is 0 Å². The van der Waals surface area contributed by atoms with E-state index in [0.717, 1.165) is 18.5 Å². The van der Waals surface area contributed by atoms with Gasteiger partial charge in [-0.2, -0.15) is 0 Å². The second-order valence-electron chi connectivity index (χ2n) is 4.23. The van der Waals surface area contributed by atoms with E-state index in [-0.39, 0.29) is 0 Å². The maximum atomic E-state index is 9.61. The molecule has 1 spiro atoms. The standard InChI is InChI=1S/C11H13NO/c13-10-3-1-2-8-6-11(4-5-11)12-7-9(8)10/h1-3,12-13H,4-7H2. The maximum Gasteiger partial charge on any atom is 0.120 e. The summed E-state index contributed by atoms with van der Waals surface area (Å²) in [5.74, 6) is 0.445. The first-order valence-electron chi connectivity index (χ1n) is 4.84. The molecule has 2 nitrogen and oxygen atoms in total. The highest BCUT2D eigenvalue weighted by Crippen LogP contribution is 2.43. The number of hydrogen-bond donors (Lipinski definition) is 2. The minimum Gasteiger partial charge on any atom is -0.508 e. The van der Waals surface area contributed by atoms with Crippen molar-refractivity contribution in [3.8, 4) is 5.75 Å². The van der Waals surface area contributed by atoms with Crippen molar-refractivity contribution < 1.29 is 5.11 Å². The molecule has 1 aliphatic heterocycles. The first-order chi connectivity index (χ1) is 6.29. The molecule has 1 aromatic carbocycles. The van der Waals surface area contributed by atoms with Crippen LogP contribution in [0.5, 0.6) is 5.75 Å². The molecule has 0 amide bonds. The Kier molecular flexibility index (Phi) is 1.29. The van der Waals surface area contributed by atoms with Crippen LogP contribution in [0, 0.1) is 0 Å². The minimum atomic E-state index is 0.404. The van der Waals surface area contributed by atoms with Crippen LogP contribution in [0.3, 0.4) is 0 Å². The zero-order valence-electron chi connectivity index (χ0n) is 7.51. The van der Waals surface area contributed by atoms with E-state index in [1.807, 2.05) is 6.07 Å². The van der Waals surface area contributed by atoms with E-state index in [4.69, 9.17) is 0 Å².